The molecule has 5 nitrogen and oxygen atoms in total. The van der Waals surface area contributed by atoms with Gasteiger partial charge in [0.25, 0.3) is 5.56 Å². The maximum Gasteiger partial charge on any atom is 0.286 e. The number of benzene rings is 1. The number of imidazole rings is 1. The molecule has 0 aliphatic carbocycles. The van der Waals surface area contributed by atoms with E-state index >= 15 is 0 Å². The van der Waals surface area contributed by atoms with E-state index in [0.717, 1.165) is 16.2 Å². The van der Waals surface area contributed by atoms with Crippen molar-refractivity contribution in [2.45, 2.75) is 10.1 Å². The third kappa shape index (κ3) is 2.10. The molecule has 0 unspecified atom stereocenters. The summed E-state index contributed by atoms with van der Waals surface area (Å²) in [5.41, 5.74) is 1.63. The van der Waals surface area contributed by atoms with Crippen molar-refractivity contribution in [1.29, 1.82) is 0 Å². The van der Waals surface area contributed by atoms with Gasteiger partial charge in [0.15, 0.2) is 5.16 Å². The van der Waals surface area contributed by atoms with Crippen LogP contribution >= 0.6 is 23.4 Å². The van der Waals surface area contributed by atoms with Gasteiger partial charge in [-0.25, -0.2) is 9.67 Å². The Morgan fingerprint density at radius 2 is 2.00 bits per heavy atom. The molecule has 1 aromatic carbocycles. The molecule has 0 aliphatic rings. The minimum absolute atomic E-state index is 0.166. The first-order valence-electron chi connectivity index (χ1n) is 5.89. The Hall–Kier alpha value is -1.79. The van der Waals surface area contributed by atoms with Crippen LogP contribution in [-0.2, 0) is 14.1 Å². The number of hydrogen-bond donors (Lipinski definition) is 0. The predicted octanol–water partition coefficient (Wildman–Crippen LogP) is 2.47. The van der Waals surface area contributed by atoms with Crippen LogP contribution in [0.3, 0.4) is 0 Å². The Morgan fingerprint density at radius 1 is 1.25 bits per heavy atom. The number of rotatable bonds is 2. The van der Waals surface area contributed by atoms with Gasteiger partial charge in [-0.1, -0.05) is 23.7 Å². The van der Waals surface area contributed by atoms with Crippen LogP contribution in [0.25, 0.3) is 11.0 Å². The molecule has 2 aromatic heterocycles. The average Bonchev–Trinajstić information content (AvgIpc) is 2.77. The molecule has 0 aliphatic heterocycles. The summed E-state index contributed by atoms with van der Waals surface area (Å²) < 4.78 is 3.18. The van der Waals surface area contributed by atoms with Gasteiger partial charge in [-0.2, -0.15) is 5.10 Å². The lowest BCUT2D eigenvalue weighted by atomic mass is 10.3. The van der Waals surface area contributed by atoms with Gasteiger partial charge in [0.05, 0.1) is 22.1 Å². The van der Waals surface area contributed by atoms with Crippen LogP contribution in [0.4, 0.5) is 0 Å². The molecular weight excluding hydrogens is 296 g/mol. The van der Waals surface area contributed by atoms with E-state index in [0.29, 0.717) is 4.90 Å². The van der Waals surface area contributed by atoms with Crippen molar-refractivity contribution in [1.82, 2.24) is 19.3 Å². The molecule has 0 radical (unpaired) electrons. The Labute approximate surface area is 124 Å². The molecule has 0 atom stereocenters. The van der Waals surface area contributed by atoms with Crippen LogP contribution in [0.2, 0.25) is 5.02 Å². The van der Waals surface area contributed by atoms with E-state index in [-0.39, 0.29) is 10.6 Å². The van der Waals surface area contributed by atoms with Gasteiger partial charge < -0.3 is 4.57 Å². The first-order chi connectivity index (χ1) is 9.58. The van der Waals surface area contributed by atoms with Gasteiger partial charge in [0, 0.05) is 14.1 Å². The lowest BCUT2D eigenvalue weighted by Crippen LogP contribution is -2.19. The van der Waals surface area contributed by atoms with E-state index in [1.165, 1.54) is 16.4 Å². The Morgan fingerprint density at radius 3 is 2.75 bits per heavy atom. The van der Waals surface area contributed by atoms with Crippen LogP contribution < -0.4 is 5.56 Å². The molecule has 0 amide bonds. The van der Waals surface area contributed by atoms with Crippen molar-refractivity contribution in [3.05, 3.63) is 45.8 Å². The third-order valence-corrected chi connectivity index (χ3v) is 4.55. The maximum absolute atomic E-state index is 11.8. The number of nitrogens with zero attached hydrogens (tertiary/aromatic N) is 4. The quantitative estimate of drug-likeness (QED) is 0.730. The van der Waals surface area contributed by atoms with Gasteiger partial charge in [-0.3, -0.25) is 4.79 Å². The molecule has 2 heterocycles. The minimum Gasteiger partial charge on any atom is -0.322 e. The maximum atomic E-state index is 11.8. The van der Waals surface area contributed by atoms with Gasteiger partial charge in [0.1, 0.15) is 5.02 Å². The predicted molar refractivity (Wildman–Crippen MR) is 79.3 cm³/mol. The normalized spacial score (nSPS) is 11.2. The average molecular weight is 307 g/mol. The van der Waals surface area contributed by atoms with E-state index in [9.17, 15) is 4.79 Å². The summed E-state index contributed by atoms with van der Waals surface area (Å²) in [5, 5.41) is 4.91. The fourth-order valence-electron chi connectivity index (χ4n) is 1.88. The molecule has 0 saturated carbocycles. The monoisotopic (exact) mass is 306 g/mol. The topological polar surface area (TPSA) is 52.7 Å². The molecule has 20 heavy (non-hydrogen) atoms. The second-order valence-electron chi connectivity index (χ2n) is 4.30. The van der Waals surface area contributed by atoms with Crippen LogP contribution in [0.15, 0.2) is 45.3 Å². The molecule has 3 rings (SSSR count). The highest BCUT2D eigenvalue weighted by Gasteiger charge is 2.13. The summed E-state index contributed by atoms with van der Waals surface area (Å²) in [6, 6.07) is 7.85. The SMILES string of the molecule is Cn1ncc(Sc2nc3ccccc3n2C)c(Cl)c1=O. The Kier molecular flexibility index (Phi) is 3.27. The molecule has 0 spiro atoms. The summed E-state index contributed by atoms with van der Waals surface area (Å²) in [4.78, 5) is 16.9. The molecule has 0 N–H and O–H groups in total. The van der Waals surface area contributed by atoms with E-state index in [1.807, 2.05) is 35.9 Å². The van der Waals surface area contributed by atoms with Gasteiger partial charge in [0.2, 0.25) is 0 Å². The van der Waals surface area contributed by atoms with E-state index in [4.69, 9.17) is 11.6 Å². The number of aromatic nitrogens is 4. The summed E-state index contributed by atoms with van der Waals surface area (Å²) in [5.74, 6) is 0. The Balaban J connectivity index is 2.08. The summed E-state index contributed by atoms with van der Waals surface area (Å²) in [6.45, 7) is 0. The van der Waals surface area contributed by atoms with Crippen molar-refractivity contribution in [3.8, 4) is 0 Å². The van der Waals surface area contributed by atoms with E-state index in [1.54, 1.807) is 13.2 Å². The number of halogens is 1. The molecule has 3 aromatic rings. The summed E-state index contributed by atoms with van der Waals surface area (Å²) in [7, 11) is 3.50. The molecule has 0 saturated heterocycles. The van der Waals surface area contributed by atoms with Crippen molar-refractivity contribution < 1.29 is 0 Å². The van der Waals surface area contributed by atoms with Crippen LogP contribution in [0.1, 0.15) is 0 Å². The first kappa shape index (κ1) is 13.2. The zero-order valence-electron chi connectivity index (χ0n) is 10.9. The van der Waals surface area contributed by atoms with Crippen molar-refractivity contribution >= 4 is 34.4 Å². The fraction of sp³-hybridized carbons (Fsp3) is 0.154. The van der Waals surface area contributed by atoms with Crippen LogP contribution in [0.5, 0.6) is 0 Å². The number of aryl methyl sites for hydroxylation is 2. The fourth-order valence-corrected chi connectivity index (χ4v) is 3.02. The van der Waals surface area contributed by atoms with Crippen molar-refractivity contribution in [2.24, 2.45) is 14.1 Å². The summed E-state index contributed by atoms with van der Waals surface area (Å²) in [6.07, 6.45) is 1.58. The molecular formula is C13H11ClN4OS. The van der Waals surface area contributed by atoms with Gasteiger partial charge in [-0.05, 0) is 23.9 Å². The zero-order valence-corrected chi connectivity index (χ0v) is 12.4. The zero-order chi connectivity index (χ0) is 14.3. The largest absolute Gasteiger partial charge is 0.322 e. The molecule has 7 heteroatoms. The highest BCUT2D eigenvalue weighted by Crippen LogP contribution is 2.31. The number of para-hydroxylation sites is 2. The lowest BCUT2D eigenvalue weighted by molar-refractivity contribution is 0.696. The second kappa shape index (κ2) is 4.96. The second-order valence-corrected chi connectivity index (χ2v) is 5.68. The molecule has 102 valence electrons. The van der Waals surface area contributed by atoms with Gasteiger partial charge >= 0.3 is 0 Å². The van der Waals surface area contributed by atoms with Crippen LogP contribution in [0, 0.1) is 0 Å². The van der Waals surface area contributed by atoms with Crippen molar-refractivity contribution in [3.63, 3.8) is 0 Å². The first-order valence-corrected chi connectivity index (χ1v) is 7.08. The van der Waals surface area contributed by atoms with Gasteiger partial charge in [-0.15, -0.1) is 0 Å². The highest BCUT2D eigenvalue weighted by atomic mass is 35.5. The number of fused-ring (bicyclic) bond motifs is 1. The van der Waals surface area contributed by atoms with E-state index in [2.05, 4.69) is 10.1 Å². The van der Waals surface area contributed by atoms with E-state index < -0.39 is 0 Å². The smallest absolute Gasteiger partial charge is 0.286 e. The molecule has 0 fully saturated rings. The summed E-state index contributed by atoms with van der Waals surface area (Å²) >= 11 is 7.40. The van der Waals surface area contributed by atoms with Crippen molar-refractivity contribution in [2.75, 3.05) is 0 Å². The van der Waals surface area contributed by atoms with Crippen LogP contribution in [-0.4, -0.2) is 19.3 Å². The minimum atomic E-state index is -0.310. The standard InChI is InChI=1S/C13H11ClN4OS/c1-17-9-6-4-3-5-8(9)16-13(17)20-10-7-15-18(2)12(19)11(10)14/h3-7H,1-2H3. The third-order valence-electron chi connectivity index (χ3n) is 2.99. The highest BCUT2D eigenvalue weighted by molar-refractivity contribution is 7.99. The lowest BCUT2D eigenvalue weighted by Gasteiger charge is -2.04. The molecule has 0 bridgehead atoms. The number of hydrogen-bond acceptors (Lipinski definition) is 4. The Bertz CT molecular complexity index is 855.